The summed E-state index contributed by atoms with van der Waals surface area (Å²) in [5, 5.41) is 3.90. The van der Waals surface area contributed by atoms with Crippen molar-refractivity contribution in [1.29, 1.82) is 0 Å². The first-order valence-corrected chi connectivity index (χ1v) is 8.57. The van der Waals surface area contributed by atoms with Crippen molar-refractivity contribution in [3.63, 3.8) is 0 Å². The minimum absolute atomic E-state index is 0.285. The number of hydrogen-bond donors (Lipinski definition) is 2. The van der Waals surface area contributed by atoms with Gasteiger partial charge < -0.3 is 5.32 Å². The highest BCUT2D eigenvalue weighted by molar-refractivity contribution is 7.99. The van der Waals surface area contributed by atoms with E-state index in [0.29, 0.717) is 5.25 Å². The third-order valence-corrected chi connectivity index (χ3v) is 5.19. The lowest BCUT2D eigenvalue weighted by Crippen LogP contribution is -2.18. The second kappa shape index (κ2) is 7.01. The molecule has 102 valence electrons. The number of sulfonamides is 1. The molecular formula is C12H20N2O2S2. The van der Waals surface area contributed by atoms with Crippen LogP contribution >= 0.6 is 11.8 Å². The van der Waals surface area contributed by atoms with Crippen molar-refractivity contribution >= 4 is 27.5 Å². The predicted octanol–water partition coefficient (Wildman–Crippen LogP) is 2.15. The smallest absolute Gasteiger partial charge is 0.240 e. The molecule has 18 heavy (non-hydrogen) atoms. The third kappa shape index (κ3) is 4.51. The minimum atomic E-state index is -3.33. The minimum Gasteiger partial charge on any atom is -0.385 e. The molecule has 1 unspecified atom stereocenters. The quantitative estimate of drug-likeness (QED) is 0.807. The monoisotopic (exact) mass is 288 g/mol. The van der Waals surface area contributed by atoms with Gasteiger partial charge in [-0.05, 0) is 44.0 Å². The molecule has 6 heteroatoms. The fourth-order valence-corrected chi connectivity index (χ4v) is 2.49. The van der Waals surface area contributed by atoms with Gasteiger partial charge in [-0.1, -0.05) is 6.92 Å². The summed E-state index contributed by atoms with van der Waals surface area (Å²) in [4.78, 5) is 0.285. The van der Waals surface area contributed by atoms with Gasteiger partial charge >= 0.3 is 0 Å². The van der Waals surface area contributed by atoms with Crippen LogP contribution < -0.4 is 10.0 Å². The predicted molar refractivity (Wildman–Crippen MR) is 78.8 cm³/mol. The summed E-state index contributed by atoms with van der Waals surface area (Å²) in [5.41, 5.74) is 0.943. The largest absolute Gasteiger partial charge is 0.385 e. The van der Waals surface area contributed by atoms with Gasteiger partial charge in [0, 0.05) is 17.5 Å². The Morgan fingerprint density at radius 1 is 1.28 bits per heavy atom. The molecule has 2 N–H and O–H groups in total. The summed E-state index contributed by atoms with van der Waals surface area (Å²) in [6, 6.07) is 6.78. The lowest BCUT2D eigenvalue weighted by atomic mass is 10.3. The number of hydrogen-bond acceptors (Lipinski definition) is 4. The summed E-state index contributed by atoms with van der Waals surface area (Å²) < 4.78 is 25.3. The zero-order valence-corrected chi connectivity index (χ0v) is 12.6. The second-order valence-electron chi connectivity index (χ2n) is 3.99. The molecule has 1 atom stereocenters. The van der Waals surface area contributed by atoms with Gasteiger partial charge in [0.2, 0.25) is 10.0 Å². The van der Waals surface area contributed by atoms with Crippen LogP contribution in [0.4, 0.5) is 5.69 Å². The molecule has 1 aromatic carbocycles. The molecule has 1 aromatic rings. The standard InChI is InChI=1S/C12H20N2O2S2/c1-10(17-3)8-9-14-11-4-6-12(7-5-11)18(15,16)13-2/h4-7,10,13-14H,8-9H2,1-3H3. The molecule has 0 bridgehead atoms. The van der Waals surface area contributed by atoms with Crippen LogP contribution in [0.15, 0.2) is 29.2 Å². The molecule has 0 heterocycles. The first kappa shape index (κ1) is 15.3. The maximum absolute atomic E-state index is 11.5. The van der Waals surface area contributed by atoms with Gasteiger partial charge in [0.15, 0.2) is 0 Å². The normalized spacial score (nSPS) is 13.3. The molecule has 0 aliphatic carbocycles. The molecule has 0 aliphatic heterocycles. The van der Waals surface area contributed by atoms with Gasteiger partial charge in [-0.3, -0.25) is 0 Å². The Balaban J connectivity index is 2.56. The Labute approximate surface area is 114 Å². The molecule has 0 radical (unpaired) electrons. The van der Waals surface area contributed by atoms with Gasteiger partial charge in [0.25, 0.3) is 0 Å². The van der Waals surface area contributed by atoms with E-state index in [-0.39, 0.29) is 4.90 Å². The number of rotatable bonds is 7. The highest BCUT2D eigenvalue weighted by Crippen LogP contribution is 2.15. The van der Waals surface area contributed by atoms with E-state index in [1.807, 2.05) is 11.8 Å². The summed E-state index contributed by atoms with van der Waals surface area (Å²) >= 11 is 1.84. The lowest BCUT2D eigenvalue weighted by Gasteiger charge is -2.10. The summed E-state index contributed by atoms with van der Waals surface area (Å²) in [7, 11) is -1.93. The van der Waals surface area contributed by atoms with Crippen LogP contribution in [0.2, 0.25) is 0 Å². The molecule has 1 rings (SSSR count). The number of thioether (sulfide) groups is 1. The molecule has 4 nitrogen and oxygen atoms in total. The Hall–Kier alpha value is -0.720. The molecule has 0 spiro atoms. The van der Waals surface area contributed by atoms with E-state index in [4.69, 9.17) is 0 Å². The molecule has 0 saturated heterocycles. The van der Waals surface area contributed by atoms with Crippen molar-refractivity contribution in [1.82, 2.24) is 4.72 Å². The van der Waals surface area contributed by atoms with E-state index in [1.54, 1.807) is 24.3 Å². The van der Waals surface area contributed by atoms with Gasteiger partial charge in [-0.2, -0.15) is 11.8 Å². The summed E-state index contributed by atoms with van der Waals surface area (Å²) in [6.45, 7) is 3.08. The maximum Gasteiger partial charge on any atom is 0.240 e. The summed E-state index contributed by atoms with van der Waals surface area (Å²) in [5.74, 6) is 0. The first-order chi connectivity index (χ1) is 8.49. The van der Waals surface area contributed by atoms with E-state index >= 15 is 0 Å². The molecule has 0 amide bonds. The molecule has 0 fully saturated rings. The van der Waals surface area contributed by atoms with Crippen LogP contribution in [-0.4, -0.2) is 33.5 Å². The zero-order valence-electron chi connectivity index (χ0n) is 10.9. The molecule has 0 aliphatic rings. The second-order valence-corrected chi connectivity index (χ2v) is 7.16. The Bertz CT molecular complexity index is 457. The van der Waals surface area contributed by atoms with E-state index in [1.165, 1.54) is 7.05 Å². The average Bonchev–Trinajstić information content (AvgIpc) is 2.39. The lowest BCUT2D eigenvalue weighted by molar-refractivity contribution is 0.588. The van der Waals surface area contributed by atoms with Crippen molar-refractivity contribution in [2.24, 2.45) is 0 Å². The number of anilines is 1. The average molecular weight is 288 g/mol. The topological polar surface area (TPSA) is 58.2 Å². The van der Waals surface area contributed by atoms with Crippen molar-refractivity contribution in [3.8, 4) is 0 Å². The molecule has 0 saturated carbocycles. The van der Waals surface area contributed by atoms with E-state index in [2.05, 4.69) is 23.2 Å². The van der Waals surface area contributed by atoms with E-state index in [0.717, 1.165) is 18.7 Å². The first-order valence-electron chi connectivity index (χ1n) is 5.80. The van der Waals surface area contributed by atoms with Crippen LogP contribution in [0.1, 0.15) is 13.3 Å². The van der Waals surface area contributed by atoms with Crippen molar-refractivity contribution in [2.45, 2.75) is 23.5 Å². The van der Waals surface area contributed by atoms with Gasteiger partial charge in [0.05, 0.1) is 4.90 Å². The van der Waals surface area contributed by atoms with Crippen LogP contribution in [-0.2, 0) is 10.0 Å². The van der Waals surface area contributed by atoms with Crippen LogP contribution in [0, 0.1) is 0 Å². The highest BCUT2D eigenvalue weighted by Gasteiger charge is 2.10. The van der Waals surface area contributed by atoms with Crippen LogP contribution in [0.25, 0.3) is 0 Å². The third-order valence-electron chi connectivity index (χ3n) is 2.72. The maximum atomic E-state index is 11.5. The van der Waals surface area contributed by atoms with Gasteiger partial charge in [0.1, 0.15) is 0 Å². The van der Waals surface area contributed by atoms with E-state index in [9.17, 15) is 8.42 Å². The summed E-state index contributed by atoms with van der Waals surface area (Å²) in [6.07, 6.45) is 3.18. The Morgan fingerprint density at radius 3 is 2.39 bits per heavy atom. The molecular weight excluding hydrogens is 268 g/mol. The fraction of sp³-hybridized carbons (Fsp3) is 0.500. The van der Waals surface area contributed by atoms with Gasteiger partial charge in [-0.25, -0.2) is 13.1 Å². The number of nitrogens with one attached hydrogen (secondary N) is 2. The van der Waals surface area contributed by atoms with E-state index < -0.39 is 10.0 Å². The van der Waals surface area contributed by atoms with Crippen molar-refractivity contribution in [2.75, 3.05) is 25.2 Å². The Kier molecular flexibility index (Phi) is 5.98. The zero-order chi connectivity index (χ0) is 13.6. The SMILES string of the molecule is CNS(=O)(=O)c1ccc(NCCC(C)SC)cc1. The fourth-order valence-electron chi connectivity index (χ4n) is 1.41. The van der Waals surface area contributed by atoms with Gasteiger partial charge in [-0.15, -0.1) is 0 Å². The van der Waals surface area contributed by atoms with Crippen molar-refractivity contribution < 1.29 is 8.42 Å². The Morgan fingerprint density at radius 2 is 1.89 bits per heavy atom. The van der Waals surface area contributed by atoms with Crippen LogP contribution in [0.3, 0.4) is 0 Å². The molecule has 0 aromatic heterocycles. The number of benzene rings is 1. The van der Waals surface area contributed by atoms with Crippen molar-refractivity contribution in [3.05, 3.63) is 24.3 Å². The van der Waals surface area contributed by atoms with Crippen LogP contribution in [0.5, 0.6) is 0 Å². The highest BCUT2D eigenvalue weighted by atomic mass is 32.2.